The summed E-state index contributed by atoms with van der Waals surface area (Å²) in [5, 5.41) is 9.16. The van der Waals surface area contributed by atoms with E-state index in [4.69, 9.17) is 5.11 Å². The van der Waals surface area contributed by atoms with Crippen LogP contribution in [-0.2, 0) is 6.61 Å². The summed E-state index contributed by atoms with van der Waals surface area (Å²) in [6, 6.07) is 14.0. The van der Waals surface area contributed by atoms with E-state index in [1.54, 1.807) is 6.07 Å². The van der Waals surface area contributed by atoms with Crippen LogP contribution in [0.5, 0.6) is 0 Å². The fraction of sp³-hybridized carbons (Fsp3) is 0.0769. The van der Waals surface area contributed by atoms with Gasteiger partial charge < -0.3 is 5.11 Å². The van der Waals surface area contributed by atoms with Crippen molar-refractivity contribution in [2.24, 2.45) is 0 Å². The Morgan fingerprint density at radius 1 is 1.06 bits per heavy atom. The topological polar surface area (TPSA) is 20.2 Å². The zero-order valence-corrected chi connectivity index (χ0v) is 9.38. The predicted octanol–water partition coefficient (Wildman–Crippen LogP) is 3.47. The highest BCUT2D eigenvalue weighted by Gasteiger charge is 2.03. The Bertz CT molecular complexity index is 485. The zero-order chi connectivity index (χ0) is 11.4. The fourth-order valence-corrected chi connectivity index (χ4v) is 2.37. The van der Waals surface area contributed by atoms with Crippen molar-refractivity contribution in [3.05, 3.63) is 59.9 Å². The summed E-state index contributed by atoms with van der Waals surface area (Å²) in [6.07, 6.45) is 0. The fourth-order valence-electron chi connectivity index (χ4n) is 1.39. The van der Waals surface area contributed by atoms with Crippen molar-refractivity contribution in [1.82, 2.24) is 0 Å². The van der Waals surface area contributed by atoms with Gasteiger partial charge in [0, 0.05) is 9.79 Å². The number of hydrogen-bond donors (Lipinski definition) is 1. The highest BCUT2D eigenvalue weighted by molar-refractivity contribution is 7.99. The molecule has 0 unspecified atom stereocenters. The van der Waals surface area contributed by atoms with Crippen LogP contribution in [-0.4, -0.2) is 5.11 Å². The second kappa shape index (κ2) is 5.14. The maximum absolute atomic E-state index is 13.0. The lowest BCUT2D eigenvalue weighted by molar-refractivity contribution is 0.279. The van der Waals surface area contributed by atoms with Crippen molar-refractivity contribution in [1.29, 1.82) is 0 Å². The molecule has 2 aromatic rings. The van der Waals surface area contributed by atoms with E-state index in [-0.39, 0.29) is 12.4 Å². The van der Waals surface area contributed by atoms with E-state index in [0.717, 1.165) is 15.4 Å². The molecule has 0 aliphatic heterocycles. The number of hydrogen-bond acceptors (Lipinski definition) is 2. The largest absolute Gasteiger partial charge is 0.392 e. The van der Waals surface area contributed by atoms with Crippen LogP contribution in [0.15, 0.2) is 58.3 Å². The van der Waals surface area contributed by atoms with Crippen LogP contribution in [0, 0.1) is 5.82 Å². The van der Waals surface area contributed by atoms with Gasteiger partial charge in [0.15, 0.2) is 0 Å². The van der Waals surface area contributed by atoms with E-state index in [2.05, 4.69) is 0 Å². The number of aliphatic hydroxyl groups is 1. The smallest absolute Gasteiger partial charge is 0.124 e. The van der Waals surface area contributed by atoms with Gasteiger partial charge in [-0.2, -0.15) is 0 Å². The van der Waals surface area contributed by atoms with Gasteiger partial charge in [-0.3, -0.25) is 0 Å². The van der Waals surface area contributed by atoms with Crippen molar-refractivity contribution in [3.8, 4) is 0 Å². The SMILES string of the molecule is OCc1ccccc1Sc1cccc(F)c1. The van der Waals surface area contributed by atoms with E-state index in [1.807, 2.05) is 30.3 Å². The Hall–Kier alpha value is -1.32. The molecule has 0 bridgehead atoms. The quantitative estimate of drug-likeness (QED) is 0.877. The first-order chi connectivity index (χ1) is 7.79. The summed E-state index contributed by atoms with van der Waals surface area (Å²) < 4.78 is 13.0. The maximum atomic E-state index is 13.0. The van der Waals surface area contributed by atoms with Crippen LogP contribution in [0.2, 0.25) is 0 Å². The molecule has 0 aliphatic rings. The third-order valence-electron chi connectivity index (χ3n) is 2.17. The van der Waals surface area contributed by atoms with Gasteiger partial charge in [0.05, 0.1) is 6.61 Å². The summed E-state index contributed by atoms with van der Waals surface area (Å²) in [6.45, 7) is -0.00150. The standard InChI is InChI=1S/C13H11FOS/c14-11-5-3-6-12(8-11)16-13-7-2-1-4-10(13)9-15/h1-8,15H,9H2. The van der Waals surface area contributed by atoms with Crippen LogP contribution in [0.4, 0.5) is 4.39 Å². The Kier molecular flexibility index (Phi) is 3.59. The van der Waals surface area contributed by atoms with Gasteiger partial charge in [-0.25, -0.2) is 4.39 Å². The molecule has 0 spiro atoms. The average Bonchev–Trinajstić information content (AvgIpc) is 2.30. The second-order valence-electron chi connectivity index (χ2n) is 3.33. The van der Waals surface area contributed by atoms with Gasteiger partial charge in [0.25, 0.3) is 0 Å². The van der Waals surface area contributed by atoms with E-state index in [1.165, 1.54) is 23.9 Å². The lowest BCUT2D eigenvalue weighted by atomic mass is 10.2. The Morgan fingerprint density at radius 2 is 1.88 bits per heavy atom. The lowest BCUT2D eigenvalue weighted by Crippen LogP contribution is -1.86. The first-order valence-corrected chi connectivity index (χ1v) is 5.73. The van der Waals surface area contributed by atoms with Gasteiger partial charge in [-0.05, 0) is 29.8 Å². The van der Waals surface area contributed by atoms with Gasteiger partial charge in [-0.1, -0.05) is 36.0 Å². The third-order valence-corrected chi connectivity index (χ3v) is 3.27. The average molecular weight is 234 g/mol. The molecule has 0 aliphatic carbocycles. The molecule has 0 radical (unpaired) electrons. The number of halogens is 1. The second-order valence-corrected chi connectivity index (χ2v) is 4.44. The number of aliphatic hydroxyl groups excluding tert-OH is 1. The summed E-state index contributed by atoms with van der Waals surface area (Å²) >= 11 is 1.45. The van der Waals surface area contributed by atoms with Gasteiger partial charge in [0.1, 0.15) is 5.82 Å². The molecule has 0 heterocycles. The van der Waals surface area contributed by atoms with E-state index < -0.39 is 0 Å². The van der Waals surface area contributed by atoms with Gasteiger partial charge >= 0.3 is 0 Å². The minimum absolute atomic E-state index is 0.00150. The first kappa shape index (κ1) is 11.2. The molecule has 0 saturated carbocycles. The maximum Gasteiger partial charge on any atom is 0.124 e. The highest BCUT2D eigenvalue weighted by Crippen LogP contribution is 2.30. The van der Waals surface area contributed by atoms with Gasteiger partial charge in [-0.15, -0.1) is 0 Å². The lowest BCUT2D eigenvalue weighted by Gasteiger charge is -2.06. The molecule has 2 rings (SSSR count). The first-order valence-electron chi connectivity index (χ1n) is 4.92. The van der Waals surface area contributed by atoms with Crippen molar-refractivity contribution in [2.45, 2.75) is 16.4 Å². The Balaban J connectivity index is 2.26. The molecule has 0 atom stereocenters. The van der Waals surface area contributed by atoms with E-state index in [0.29, 0.717) is 0 Å². The van der Waals surface area contributed by atoms with Crippen molar-refractivity contribution < 1.29 is 9.50 Å². The molecule has 16 heavy (non-hydrogen) atoms. The number of benzene rings is 2. The molecule has 1 nitrogen and oxygen atoms in total. The molecule has 0 saturated heterocycles. The zero-order valence-electron chi connectivity index (χ0n) is 8.56. The van der Waals surface area contributed by atoms with Crippen LogP contribution >= 0.6 is 11.8 Å². The minimum Gasteiger partial charge on any atom is -0.392 e. The van der Waals surface area contributed by atoms with Gasteiger partial charge in [0.2, 0.25) is 0 Å². The minimum atomic E-state index is -0.244. The number of rotatable bonds is 3. The van der Waals surface area contributed by atoms with Crippen LogP contribution in [0.1, 0.15) is 5.56 Å². The van der Waals surface area contributed by atoms with Crippen LogP contribution in [0.25, 0.3) is 0 Å². The Labute approximate surface area is 97.9 Å². The third kappa shape index (κ3) is 2.62. The molecule has 2 aromatic carbocycles. The highest BCUT2D eigenvalue weighted by atomic mass is 32.2. The predicted molar refractivity (Wildman–Crippen MR) is 62.9 cm³/mol. The normalized spacial score (nSPS) is 10.4. The molecular weight excluding hydrogens is 223 g/mol. The van der Waals surface area contributed by atoms with Crippen molar-refractivity contribution in [3.63, 3.8) is 0 Å². The summed E-state index contributed by atoms with van der Waals surface area (Å²) in [5.74, 6) is -0.244. The van der Waals surface area contributed by atoms with Crippen molar-refractivity contribution >= 4 is 11.8 Å². The molecule has 0 aromatic heterocycles. The molecule has 82 valence electrons. The van der Waals surface area contributed by atoms with E-state index in [9.17, 15) is 4.39 Å². The summed E-state index contributed by atoms with van der Waals surface area (Å²) in [5.41, 5.74) is 0.858. The summed E-state index contributed by atoms with van der Waals surface area (Å²) in [4.78, 5) is 1.79. The Morgan fingerprint density at radius 3 is 2.62 bits per heavy atom. The molecule has 3 heteroatoms. The van der Waals surface area contributed by atoms with Crippen molar-refractivity contribution in [2.75, 3.05) is 0 Å². The molecular formula is C13H11FOS. The monoisotopic (exact) mass is 234 g/mol. The molecule has 1 N–H and O–H groups in total. The van der Waals surface area contributed by atoms with Crippen LogP contribution in [0.3, 0.4) is 0 Å². The summed E-state index contributed by atoms with van der Waals surface area (Å²) in [7, 11) is 0. The molecule has 0 amide bonds. The van der Waals surface area contributed by atoms with Crippen LogP contribution < -0.4 is 0 Å². The van der Waals surface area contributed by atoms with E-state index >= 15 is 0 Å². The molecule has 0 fully saturated rings.